The Balaban J connectivity index is 2.07. The number of hydrogen-bond acceptors (Lipinski definition) is 3. The van der Waals surface area contributed by atoms with Gasteiger partial charge in [-0.1, -0.05) is 23.7 Å². The lowest BCUT2D eigenvalue weighted by Gasteiger charge is -2.11. The summed E-state index contributed by atoms with van der Waals surface area (Å²) in [6.07, 6.45) is 0. The molecule has 0 unspecified atom stereocenters. The Kier molecular flexibility index (Phi) is 3.62. The number of carboxylic acids is 1. The topological polar surface area (TPSA) is 63.6 Å². The van der Waals surface area contributed by atoms with Crippen LogP contribution in [0.4, 0.5) is 0 Å². The Morgan fingerprint density at radius 2 is 2.00 bits per heavy atom. The van der Waals surface area contributed by atoms with E-state index < -0.39 is 11.9 Å². The van der Waals surface area contributed by atoms with Gasteiger partial charge in [-0.25, -0.2) is 0 Å². The Morgan fingerprint density at radius 3 is 2.73 bits per heavy atom. The molecule has 1 heterocycles. The molecule has 0 bridgehead atoms. The van der Waals surface area contributed by atoms with Crippen molar-refractivity contribution < 1.29 is 19.4 Å². The lowest BCUT2D eigenvalue weighted by molar-refractivity contribution is -0.138. The molecule has 1 aliphatic rings. The molecule has 22 heavy (non-hydrogen) atoms. The molecule has 5 heteroatoms. The van der Waals surface area contributed by atoms with Crippen molar-refractivity contribution in [1.29, 1.82) is 0 Å². The predicted molar refractivity (Wildman–Crippen MR) is 81.7 cm³/mol. The summed E-state index contributed by atoms with van der Waals surface area (Å²) in [6, 6.07) is 10.00. The van der Waals surface area contributed by atoms with E-state index in [0.29, 0.717) is 27.5 Å². The van der Waals surface area contributed by atoms with E-state index in [0.717, 1.165) is 5.56 Å². The standard InChI is InChI=1S/C17H13ClO4/c1-9(17(20)21)10-3-5-13-15(6-10)22-8-11-2-4-12(18)7-14(11)16(13)19/h2-7,9H,8H2,1H3,(H,20,21)/t9-/m0/s1. The van der Waals surface area contributed by atoms with Gasteiger partial charge in [-0.15, -0.1) is 0 Å². The van der Waals surface area contributed by atoms with Gasteiger partial charge in [-0.2, -0.15) is 0 Å². The summed E-state index contributed by atoms with van der Waals surface area (Å²) in [7, 11) is 0. The number of fused-ring (bicyclic) bond motifs is 2. The molecule has 0 aromatic heterocycles. The van der Waals surface area contributed by atoms with Crippen molar-refractivity contribution in [3.63, 3.8) is 0 Å². The number of ether oxygens (including phenoxy) is 1. The van der Waals surface area contributed by atoms with Crippen LogP contribution < -0.4 is 4.74 Å². The summed E-state index contributed by atoms with van der Waals surface area (Å²) in [5, 5.41) is 9.59. The molecule has 0 spiro atoms. The zero-order valence-corrected chi connectivity index (χ0v) is 12.6. The van der Waals surface area contributed by atoms with E-state index in [4.69, 9.17) is 21.4 Å². The molecule has 3 rings (SSSR count). The lowest BCUT2D eigenvalue weighted by Crippen LogP contribution is -2.08. The minimum atomic E-state index is -0.921. The van der Waals surface area contributed by atoms with E-state index in [1.54, 1.807) is 43.3 Å². The second-order valence-corrected chi connectivity index (χ2v) is 5.67. The number of hydrogen-bond donors (Lipinski definition) is 1. The van der Waals surface area contributed by atoms with Crippen LogP contribution in [-0.4, -0.2) is 16.9 Å². The van der Waals surface area contributed by atoms with Gasteiger partial charge < -0.3 is 9.84 Å². The fraction of sp³-hybridized carbons (Fsp3) is 0.176. The van der Waals surface area contributed by atoms with Crippen LogP contribution in [0.25, 0.3) is 0 Å². The van der Waals surface area contributed by atoms with Crippen LogP contribution in [-0.2, 0) is 11.4 Å². The van der Waals surface area contributed by atoms with Crippen molar-refractivity contribution in [2.45, 2.75) is 19.4 Å². The van der Waals surface area contributed by atoms with Crippen molar-refractivity contribution in [2.75, 3.05) is 0 Å². The molecule has 2 aromatic carbocycles. The first-order valence-corrected chi connectivity index (χ1v) is 7.18. The Morgan fingerprint density at radius 1 is 1.23 bits per heavy atom. The number of carbonyl (C=O) groups excluding carboxylic acids is 1. The first kappa shape index (κ1) is 14.6. The van der Waals surface area contributed by atoms with Crippen LogP contribution >= 0.6 is 11.6 Å². The average molecular weight is 317 g/mol. The third-order valence-electron chi connectivity index (χ3n) is 3.82. The van der Waals surface area contributed by atoms with Gasteiger partial charge in [0.2, 0.25) is 0 Å². The molecular formula is C17H13ClO4. The number of carboxylic acid groups (broad SMARTS) is 1. The highest BCUT2D eigenvalue weighted by atomic mass is 35.5. The van der Waals surface area contributed by atoms with Crippen molar-refractivity contribution in [1.82, 2.24) is 0 Å². The minimum Gasteiger partial charge on any atom is -0.488 e. The van der Waals surface area contributed by atoms with E-state index in [1.165, 1.54) is 0 Å². The van der Waals surface area contributed by atoms with Crippen LogP contribution in [0.15, 0.2) is 36.4 Å². The van der Waals surface area contributed by atoms with Gasteiger partial charge in [0.05, 0.1) is 11.5 Å². The van der Waals surface area contributed by atoms with Crippen molar-refractivity contribution in [2.24, 2.45) is 0 Å². The fourth-order valence-corrected chi connectivity index (χ4v) is 2.62. The molecule has 1 aliphatic heterocycles. The zero-order valence-electron chi connectivity index (χ0n) is 11.8. The number of ketones is 1. The van der Waals surface area contributed by atoms with Gasteiger partial charge in [0.1, 0.15) is 12.4 Å². The van der Waals surface area contributed by atoms with Crippen LogP contribution in [0.3, 0.4) is 0 Å². The van der Waals surface area contributed by atoms with Gasteiger partial charge in [0, 0.05) is 16.1 Å². The Labute approximate surface area is 132 Å². The molecule has 4 nitrogen and oxygen atoms in total. The molecular weight excluding hydrogens is 304 g/mol. The predicted octanol–water partition coefficient (Wildman–Crippen LogP) is 3.65. The molecule has 0 radical (unpaired) electrons. The average Bonchev–Trinajstić information content (AvgIpc) is 2.64. The smallest absolute Gasteiger partial charge is 0.310 e. The largest absolute Gasteiger partial charge is 0.488 e. The lowest BCUT2D eigenvalue weighted by atomic mass is 9.95. The van der Waals surface area contributed by atoms with Gasteiger partial charge >= 0.3 is 5.97 Å². The van der Waals surface area contributed by atoms with E-state index in [2.05, 4.69) is 0 Å². The Hall–Kier alpha value is -2.33. The first-order valence-electron chi connectivity index (χ1n) is 6.80. The van der Waals surface area contributed by atoms with E-state index in [1.807, 2.05) is 0 Å². The van der Waals surface area contributed by atoms with Crippen LogP contribution in [0.5, 0.6) is 5.75 Å². The summed E-state index contributed by atoms with van der Waals surface area (Å²) < 4.78 is 5.70. The molecule has 2 aromatic rings. The molecule has 1 atom stereocenters. The second kappa shape index (κ2) is 5.46. The zero-order chi connectivity index (χ0) is 15.9. The van der Waals surface area contributed by atoms with Gasteiger partial charge in [0.15, 0.2) is 5.78 Å². The van der Waals surface area contributed by atoms with E-state index in [9.17, 15) is 9.59 Å². The highest BCUT2D eigenvalue weighted by Crippen LogP contribution is 2.32. The van der Waals surface area contributed by atoms with Gasteiger partial charge in [0.25, 0.3) is 0 Å². The number of aliphatic carboxylic acids is 1. The second-order valence-electron chi connectivity index (χ2n) is 5.23. The number of benzene rings is 2. The third kappa shape index (κ3) is 2.46. The first-order chi connectivity index (χ1) is 10.5. The summed E-state index contributed by atoms with van der Waals surface area (Å²) in [5.41, 5.74) is 2.30. The fourth-order valence-electron chi connectivity index (χ4n) is 2.44. The maximum Gasteiger partial charge on any atom is 0.310 e. The summed E-state index contributed by atoms with van der Waals surface area (Å²) in [6.45, 7) is 1.84. The Bertz CT molecular complexity index is 782. The normalized spacial score (nSPS) is 14.4. The van der Waals surface area contributed by atoms with Crippen LogP contribution in [0.2, 0.25) is 5.02 Å². The number of carbonyl (C=O) groups is 2. The van der Waals surface area contributed by atoms with Crippen molar-refractivity contribution in [3.8, 4) is 5.75 Å². The number of halogens is 1. The summed E-state index contributed by atoms with van der Waals surface area (Å²) in [4.78, 5) is 23.7. The molecule has 112 valence electrons. The highest BCUT2D eigenvalue weighted by molar-refractivity contribution is 6.31. The molecule has 0 saturated heterocycles. The van der Waals surface area contributed by atoms with Crippen molar-refractivity contribution >= 4 is 23.4 Å². The summed E-state index contributed by atoms with van der Waals surface area (Å²) >= 11 is 5.97. The monoisotopic (exact) mass is 316 g/mol. The maximum atomic E-state index is 12.6. The van der Waals surface area contributed by atoms with Gasteiger partial charge in [-0.05, 0) is 36.8 Å². The molecule has 0 aliphatic carbocycles. The quantitative estimate of drug-likeness (QED) is 0.918. The van der Waals surface area contributed by atoms with Gasteiger partial charge in [-0.3, -0.25) is 9.59 Å². The SMILES string of the molecule is C[C@H](C(=O)O)c1ccc2c(c1)OCc1ccc(Cl)cc1C2=O. The summed E-state index contributed by atoms with van der Waals surface area (Å²) in [5.74, 6) is -1.35. The molecule has 0 saturated carbocycles. The maximum absolute atomic E-state index is 12.6. The molecule has 0 fully saturated rings. The molecule has 1 N–H and O–H groups in total. The molecule has 0 amide bonds. The van der Waals surface area contributed by atoms with Crippen molar-refractivity contribution in [3.05, 3.63) is 63.7 Å². The third-order valence-corrected chi connectivity index (χ3v) is 4.06. The highest BCUT2D eigenvalue weighted by Gasteiger charge is 2.24. The minimum absolute atomic E-state index is 0.167. The van der Waals surface area contributed by atoms with Crippen LogP contribution in [0.1, 0.15) is 39.9 Å². The van der Waals surface area contributed by atoms with E-state index >= 15 is 0 Å². The van der Waals surface area contributed by atoms with Crippen LogP contribution in [0, 0.1) is 0 Å². The van der Waals surface area contributed by atoms with E-state index in [-0.39, 0.29) is 12.4 Å². The number of rotatable bonds is 2.